The lowest BCUT2D eigenvalue weighted by molar-refractivity contribution is 0.0691. The molecule has 2 unspecified atom stereocenters. The second-order valence-corrected chi connectivity index (χ2v) is 4.98. The molecule has 1 aromatic heterocycles. The van der Waals surface area contributed by atoms with E-state index in [1.165, 1.54) is 0 Å². The minimum atomic E-state index is 0.0255. The Kier molecular flexibility index (Phi) is 3.19. The van der Waals surface area contributed by atoms with Crippen molar-refractivity contribution in [3.63, 3.8) is 0 Å². The Bertz CT molecular complexity index is 390. The molecule has 0 spiro atoms. The molecule has 1 aliphatic rings. The molecule has 1 saturated heterocycles. The number of hydrogen-bond donors (Lipinski definition) is 0. The summed E-state index contributed by atoms with van der Waals surface area (Å²) in [6.07, 6.45) is 4.21. The number of halogens is 1. The van der Waals surface area contributed by atoms with E-state index in [0.717, 1.165) is 13.0 Å². The van der Waals surface area contributed by atoms with E-state index in [-0.39, 0.29) is 11.3 Å². The van der Waals surface area contributed by atoms with Crippen molar-refractivity contribution in [2.24, 2.45) is 13.0 Å². The molecule has 4 nitrogen and oxygen atoms in total. The number of alkyl halides is 1. The molecule has 0 N–H and O–H groups in total. The van der Waals surface area contributed by atoms with Crippen LogP contribution in [0.25, 0.3) is 0 Å². The summed E-state index contributed by atoms with van der Waals surface area (Å²) >= 11 is 6.19. The van der Waals surface area contributed by atoms with Crippen LogP contribution in [0.3, 0.4) is 0 Å². The molecule has 2 rings (SSSR count). The third-order valence-corrected chi connectivity index (χ3v) is 3.76. The van der Waals surface area contributed by atoms with E-state index in [1.807, 2.05) is 11.9 Å². The van der Waals surface area contributed by atoms with Gasteiger partial charge in [0.05, 0.1) is 17.9 Å². The summed E-state index contributed by atoms with van der Waals surface area (Å²) in [6, 6.07) is 0. The van der Waals surface area contributed by atoms with E-state index in [2.05, 4.69) is 11.9 Å². The second-order valence-electron chi connectivity index (χ2n) is 4.42. The lowest BCUT2D eigenvalue weighted by Crippen LogP contribution is -2.44. The fourth-order valence-electron chi connectivity index (χ4n) is 1.93. The van der Waals surface area contributed by atoms with Crippen molar-refractivity contribution in [3.05, 3.63) is 18.2 Å². The standard InChI is InChI=1S/C11H16ClN3O/c1-8-3-4-15(6-9(8)12)11(16)10-5-13-7-14(10)2/h5,7-9H,3-4,6H2,1-2H3. The van der Waals surface area contributed by atoms with Crippen LogP contribution in [0.4, 0.5) is 0 Å². The quantitative estimate of drug-likeness (QED) is 0.699. The third kappa shape index (κ3) is 2.07. The zero-order valence-corrected chi connectivity index (χ0v) is 10.3. The van der Waals surface area contributed by atoms with Crippen molar-refractivity contribution < 1.29 is 4.79 Å². The number of imidazole rings is 1. The van der Waals surface area contributed by atoms with Crippen molar-refractivity contribution in [3.8, 4) is 0 Å². The number of nitrogens with zero attached hydrogens (tertiary/aromatic N) is 3. The summed E-state index contributed by atoms with van der Waals surface area (Å²) in [7, 11) is 1.82. The number of carbonyl (C=O) groups is 1. The molecule has 0 saturated carbocycles. The molecule has 16 heavy (non-hydrogen) atoms. The van der Waals surface area contributed by atoms with Crippen molar-refractivity contribution in [1.82, 2.24) is 14.5 Å². The summed E-state index contributed by atoms with van der Waals surface area (Å²) in [4.78, 5) is 17.9. The van der Waals surface area contributed by atoms with Gasteiger partial charge in [-0.2, -0.15) is 0 Å². The molecule has 0 bridgehead atoms. The van der Waals surface area contributed by atoms with Crippen molar-refractivity contribution in [2.75, 3.05) is 13.1 Å². The number of hydrogen-bond acceptors (Lipinski definition) is 2. The summed E-state index contributed by atoms with van der Waals surface area (Å²) in [6.45, 7) is 3.55. The van der Waals surface area contributed by atoms with Crippen LogP contribution in [-0.4, -0.2) is 38.8 Å². The third-order valence-electron chi connectivity index (χ3n) is 3.19. The van der Waals surface area contributed by atoms with E-state index < -0.39 is 0 Å². The minimum absolute atomic E-state index is 0.0255. The van der Waals surface area contributed by atoms with Crippen LogP contribution in [-0.2, 0) is 7.05 Å². The molecule has 2 atom stereocenters. The van der Waals surface area contributed by atoms with Gasteiger partial charge in [0.2, 0.25) is 0 Å². The van der Waals surface area contributed by atoms with Gasteiger partial charge in [-0.25, -0.2) is 4.98 Å². The largest absolute Gasteiger partial charge is 0.336 e. The fraction of sp³-hybridized carbons (Fsp3) is 0.636. The van der Waals surface area contributed by atoms with Crippen molar-refractivity contribution >= 4 is 17.5 Å². The molecule has 1 aliphatic heterocycles. The Balaban J connectivity index is 2.09. The normalized spacial score (nSPS) is 25.8. The summed E-state index contributed by atoms with van der Waals surface area (Å²) in [5, 5.41) is 0.0610. The van der Waals surface area contributed by atoms with Gasteiger partial charge in [0, 0.05) is 20.1 Å². The Morgan fingerprint density at radius 3 is 2.94 bits per heavy atom. The highest BCUT2D eigenvalue weighted by atomic mass is 35.5. The zero-order chi connectivity index (χ0) is 11.7. The number of rotatable bonds is 1. The minimum Gasteiger partial charge on any atom is -0.336 e. The van der Waals surface area contributed by atoms with Gasteiger partial charge in [0.25, 0.3) is 5.91 Å². The van der Waals surface area contributed by atoms with Crippen LogP contribution >= 0.6 is 11.6 Å². The summed E-state index contributed by atoms with van der Waals surface area (Å²) in [5.41, 5.74) is 0.624. The highest BCUT2D eigenvalue weighted by Crippen LogP contribution is 2.22. The molecule has 0 aromatic carbocycles. The predicted octanol–water partition coefficient (Wildman–Crippen LogP) is 1.51. The number of piperidine rings is 1. The fourth-order valence-corrected chi connectivity index (χ4v) is 2.22. The topological polar surface area (TPSA) is 38.1 Å². The molecule has 1 amide bonds. The molecule has 1 fully saturated rings. The lowest BCUT2D eigenvalue weighted by Gasteiger charge is -2.33. The van der Waals surface area contributed by atoms with E-state index in [1.54, 1.807) is 17.1 Å². The van der Waals surface area contributed by atoms with Crippen LogP contribution in [0.1, 0.15) is 23.8 Å². The first-order valence-corrected chi connectivity index (χ1v) is 5.93. The van der Waals surface area contributed by atoms with Crippen LogP contribution in [0, 0.1) is 5.92 Å². The van der Waals surface area contributed by atoms with Crippen LogP contribution in [0.5, 0.6) is 0 Å². The van der Waals surface area contributed by atoms with Gasteiger partial charge in [-0.15, -0.1) is 11.6 Å². The number of carbonyl (C=O) groups excluding carboxylic acids is 1. The molecule has 88 valence electrons. The zero-order valence-electron chi connectivity index (χ0n) is 9.56. The Morgan fingerprint density at radius 1 is 1.62 bits per heavy atom. The van der Waals surface area contributed by atoms with Gasteiger partial charge in [-0.05, 0) is 12.3 Å². The highest BCUT2D eigenvalue weighted by Gasteiger charge is 2.28. The monoisotopic (exact) mass is 241 g/mol. The van der Waals surface area contributed by atoms with Crippen molar-refractivity contribution in [2.45, 2.75) is 18.7 Å². The number of amides is 1. The number of aryl methyl sites for hydroxylation is 1. The van der Waals surface area contributed by atoms with E-state index >= 15 is 0 Å². The Labute approximate surface area is 100 Å². The van der Waals surface area contributed by atoms with Gasteiger partial charge < -0.3 is 9.47 Å². The average Bonchev–Trinajstić information content (AvgIpc) is 2.67. The molecular weight excluding hydrogens is 226 g/mol. The van der Waals surface area contributed by atoms with Gasteiger partial charge in [-0.3, -0.25) is 4.79 Å². The maximum absolute atomic E-state index is 12.1. The van der Waals surface area contributed by atoms with Gasteiger partial charge in [0.1, 0.15) is 5.69 Å². The van der Waals surface area contributed by atoms with Crippen LogP contribution < -0.4 is 0 Å². The summed E-state index contributed by atoms with van der Waals surface area (Å²) < 4.78 is 1.74. The molecular formula is C11H16ClN3O. The average molecular weight is 242 g/mol. The molecule has 0 aliphatic carbocycles. The highest BCUT2D eigenvalue weighted by molar-refractivity contribution is 6.21. The van der Waals surface area contributed by atoms with E-state index in [9.17, 15) is 4.79 Å². The molecule has 1 aromatic rings. The van der Waals surface area contributed by atoms with Crippen LogP contribution in [0.15, 0.2) is 12.5 Å². The lowest BCUT2D eigenvalue weighted by atomic mass is 9.98. The molecule has 0 radical (unpaired) electrons. The number of likely N-dealkylation sites (tertiary alicyclic amines) is 1. The second kappa shape index (κ2) is 4.45. The summed E-state index contributed by atoms with van der Waals surface area (Å²) in [5.74, 6) is 0.509. The van der Waals surface area contributed by atoms with Gasteiger partial charge >= 0.3 is 0 Å². The SMILES string of the molecule is CC1CCN(C(=O)c2cncn2C)CC1Cl. The van der Waals surface area contributed by atoms with Gasteiger partial charge in [-0.1, -0.05) is 6.92 Å². The van der Waals surface area contributed by atoms with E-state index in [4.69, 9.17) is 11.6 Å². The molecule has 2 heterocycles. The predicted molar refractivity (Wildman–Crippen MR) is 62.5 cm³/mol. The van der Waals surface area contributed by atoms with Gasteiger partial charge in [0.15, 0.2) is 0 Å². The Hall–Kier alpha value is -1.03. The maximum Gasteiger partial charge on any atom is 0.272 e. The molecule has 5 heteroatoms. The number of aromatic nitrogens is 2. The first kappa shape index (κ1) is 11.5. The smallest absolute Gasteiger partial charge is 0.272 e. The first-order valence-electron chi connectivity index (χ1n) is 5.49. The first-order chi connectivity index (χ1) is 7.59. The van der Waals surface area contributed by atoms with Crippen molar-refractivity contribution in [1.29, 1.82) is 0 Å². The maximum atomic E-state index is 12.1. The Morgan fingerprint density at radius 2 is 2.38 bits per heavy atom. The van der Waals surface area contributed by atoms with E-state index in [0.29, 0.717) is 18.2 Å². The van der Waals surface area contributed by atoms with Crippen LogP contribution in [0.2, 0.25) is 0 Å².